The third-order valence-electron chi connectivity index (χ3n) is 2.91. The van der Waals surface area contributed by atoms with Crippen molar-refractivity contribution in [3.63, 3.8) is 0 Å². The minimum Gasteiger partial charge on any atom is -0.427 e. The Morgan fingerprint density at radius 1 is 1.21 bits per heavy atom. The molecule has 0 amide bonds. The predicted molar refractivity (Wildman–Crippen MR) is 72.9 cm³/mol. The van der Waals surface area contributed by atoms with E-state index in [0.29, 0.717) is 37.3 Å². The molecular formula is C11H14ClN3O3S. The average Bonchev–Trinajstić information content (AvgIpc) is 2.84. The summed E-state index contributed by atoms with van der Waals surface area (Å²) in [5.41, 5.74) is 1.05. The maximum Gasteiger partial charge on any atom is 0.332 e. The van der Waals surface area contributed by atoms with Gasteiger partial charge in [0.15, 0.2) is 5.58 Å². The molecule has 0 bridgehead atoms. The molecule has 1 saturated heterocycles. The third-order valence-corrected chi connectivity index (χ3v) is 4.57. The number of aromatic nitrogens is 1. The first kappa shape index (κ1) is 14.3. The summed E-state index contributed by atoms with van der Waals surface area (Å²) in [6, 6.07) is 7.02. The number of oxazole rings is 1. The zero-order chi connectivity index (χ0) is 12.6. The summed E-state index contributed by atoms with van der Waals surface area (Å²) in [5.74, 6) is 0. The quantitative estimate of drug-likeness (QED) is 0.890. The monoisotopic (exact) mass is 303 g/mol. The van der Waals surface area contributed by atoms with Crippen molar-refractivity contribution in [2.45, 2.75) is 5.22 Å². The molecule has 8 heteroatoms. The van der Waals surface area contributed by atoms with Gasteiger partial charge in [0.2, 0.25) is 0 Å². The van der Waals surface area contributed by atoms with Gasteiger partial charge < -0.3 is 9.73 Å². The minimum atomic E-state index is -3.61. The predicted octanol–water partition coefficient (Wildman–Crippen LogP) is 0.843. The molecule has 1 N–H and O–H groups in total. The molecule has 1 aliphatic heterocycles. The van der Waals surface area contributed by atoms with E-state index in [4.69, 9.17) is 4.42 Å². The van der Waals surface area contributed by atoms with Crippen LogP contribution in [-0.4, -0.2) is 43.9 Å². The number of hydrogen-bond donors (Lipinski definition) is 1. The number of sulfonamides is 1. The summed E-state index contributed by atoms with van der Waals surface area (Å²) in [7, 11) is -3.61. The van der Waals surface area contributed by atoms with Gasteiger partial charge in [-0.2, -0.15) is 9.29 Å². The van der Waals surface area contributed by atoms with Gasteiger partial charge in [0.05, 0.1) is 0 Å². The number of nitrogens with zero attached hydrogens (tertiary/aromatic N) is 2. The molecule has 104 valence electrons. The van der Waals surface area contributed by atoms with Crippen molar-refractivity contribution in [1.82, 2.24) is 14.6 Å². The third kappa shape index (κ3) is 2.59. The Kier molecular flexibility index (Phi) is 4.10. The number of para-hydroxylation sites is 2. The van der Waals surface area contributed by atoms with Gasteiger partial charge in [-0.05, 0) is 12.1 Å². The molecule has 1 aromatic heterocycles. The van der Waals surface area contributed by atoms with Gasteiger partial charge in [0, 0.05) is 26.2 Å². The van der Waals surface area contributed by atoms with Gasteiger partial charge in [0.1, 0.15) is 5.52 Å². The molecule has 0 radical (unpaired) electrons. The molecule has 2 aromatic rings. The van der Waals surface area contributed by atoms with Gasteiger partial charge >= 0.3 is 5.22 Å². The van der Waals surface area contributed by atoms with Crippen LogP contribution in [-0.2, 0) is 10.0 Å². The average molecular weight is 304 g/mol. The van der Waals surface area contributed by atoms with Crippen LogP contribution >= 0.6 is 12.4 Å². The van der Waals surface area contributed by atoms with Crippen LogP contribution in [0.5, 0.6) is 0 Å². The summed E-state index contributed by atoms with van der Waals surface area (Å²) < 4.78 is 31.3. The fourth-order valence-electron chi connectivity index (χ4n) is 1.96. The maximum absolute atomic E-state index is 12.3. The zero-order valence-corrected chi connectivity index (χ0v) is 11.7. The summed E-state index contributed by atoms with van der Waals surface area (Å²) in [4.78, 5) is 4.04. The molecule has 2 heterocycles. The van der Waals surface area contributed by atoms with Crippen LogP contribution in [0, 0.1) is 0 Å². The van der Waals surface area contributed by atoms with Gasteiger partial charge in [-0.25, -0.2) is 8.42 Å². The highest BCUT2D eigenvalue weighted by Crippen LogP contribution is 2.21. The highest BCUT2D eigenvalue weighted by Gasteiger charge is 2.30. The molecule has 3 rings (SSSR count). The number of hydrogen-bond acceptors (Lipinski definition) is 5. The molecule has 0 atom stereocenters. The van der Waals surface area contributed by atoms with Crippen LogP contribution in [0.15, 0.2) is 33.9 Å². The van der Waals surface area contributed by atoms with Crippen LogP contribution in [0.1, 0.15) is 0 Å². The van der Waals surface area contributed by atoms with E-state index in [2.05, 4.69) is 10.3 Å². The molecular weight excluding hydrogens is 290 g/mol. The summed E-state index contributed by atoms with van der Waals surface area (Å²) in [6.07, 6.45) is 0. The van der Waals surface area contributed by atoms with Crippen molar-refractivity contribution in [3.05, 3.63) is 24.3 Å². The Bertz CT molecular complexity index is 632. The number of fused-ring (bicyclic) bond motifs is 1. The van der Waals surface area contributed by atoms with Crippen LogP contribution in [0.3, 0.4) is 0 Å². The lowest BCUT2D eigenvalue weighted by molar-refractivity contribution is 0.342. The van der Waals surface area contributed by atoms with Crippen molar-refractivity contribution in [2.24, 2.45) is 0 Å². The van der Waals surface area contributed by atoms with E-state index in [0.717, 1.165) is 0 Å². The smallest absolute Gasteiger partial charge is 0.332 e. The summed E-state index contributed by atoms with van der Waals surface area (Å²) >= 11 is 0. The lowest BCUT2D eigenvalue weighted by atomic mass is 10.3. The van der Waals surface area contributed by atoms with E-state index in [1.807, 2.05) is 0 Å². The first-order chi connectivity index (χ1) is 8.68. The second kappa shape index (κ2) is 5.46. The standard InChI is InChI=1S/C11H13N3O3S.ClH/c15-18(16,14-7-5-12-6-8-14)11-13-9-3-1-2-4-10(9)17-11;/h1-4,12H,5-8H2;1H. The Morgan fingerprint density at radius 3 is 2.58 bits per heavy atom. The molecule has 0 unspecified atom stereocenters. The fraction of sp³-hybridized carbons (Fsp3) is 0.364. The van der Waals surface area contributed by atoms with Crippen molar-refractivity contribution < 1.29 is 12.8 Å². The Labute approximate surface area is 117 Å². The SMILES string of the molecule is Cl.O=S(=O)(c1nc2ccccc2o1)N1CCNCC1. The summed E-state index contributed by atoms with van der Waals surface area (Å²) in [5, 5.41) is 2.89. The second-order valence-corrected chi connectivity index (χ2v) is 5.92. The van der Waals surface area contributed by atoms with Crippen molar-refractivity contribution >= 4 is 33.5 Å². The molecule has 0 spiro atoms. The number of nitrogens with one attached hydrogen (secondary N) is 1. The van der Waals surface area contributed by atoms with Gasteiger partial charge in [0.25, 0.3) is 10.0 Å². The molecule has 1 aliphatic rings. The van der Waals surface area contributed by atoms with E-state index in [-0.39, 0.29) is 17.6 Å². The highest BCUT2D eigenvalue weighted by molar-refractivity contribution is 7.88. The molecule has 0 saturated carbocycles. The first-order valence-corrected chi connectivity index (χ1v) is 7.18. The topological polar surface area (TPSA) is 75.4 Å². The Balaban J connectivity index is 0.00000133. The van der Waals surface area contributed by atoms with E-state index in [1.54, 1.807) is 24.3 Å². The van der Waals surface area contributed by atoms with E-state index in [9.17, 15) is 8.42 Å². The van der Waals surface area contributed by atoms with Gasteiger partial charge in [-0.15, -0.1) is 12.4 Å². The van der Waals surface area contributed by atoms with Crippen molar-refractivity contribution in [2.75, 3.05) is 26.2 Å². The van der Waals surface area contributed by atoms with Gasteiger partial charge in [-0.3, -0.25) is 0 Å². The van der Waals surface area contributed by atoms with Crippen molar-refractivity contribution in [1.29, 1.82) is 0 Å². The van der Waals surface area contributed by atoms with Crippen LogP contribution in [0.4, 0.5) is 0 Å². The number of halogens is 1. The second-order valence-electron chi connectivity index (χ2n) is 4.10. The van der Waals surface area contributed by atoms with E-state index < -0.39 is 10.0 Å². The first-order valence-electron chi connectivity index (χ1n) is 5.74. The largest absolute Gasteiger partial charge is 0.427 e. The molecule has 1 aromatic carbocycles. The number of benzene rings is 1. The maximum atomic E-state index is 12.3. The number of piperazine rings is 1. The lowest BCUT2D eigenvalue weighted by Crippen LogP contribution is -2.46. The molecule has 0 aliphatic carbocycles. The van der Waals surface area contributed by atoms with Gasteiger partial charge in [-0.1, -0.05) is 12.1 Å². The molecule has 6 nitrogen and oxygen atoms in total. The highest BCUT2D eigenvalue weighted by atomic mass is 35.5. The van der Waals surface area contributed by atoms with Crippen molar-refractivity contribution in [3.8, 4) is 0 Å². The van der Waals surface area contributed by atoms with E-state index in [1.165, 1.54) is 4.31 Å². The van der Waals surface area contributed by atoms with Crippen LogP contribution in [0.2, 0.25) is 0 Å². The fourth-order valence-corrected chi connectivity index (χ4v) is 3.25. The Morgan fingerprint density at radius 2 is 1.89 bits per heavy atom. The zero-order valence-electron chi connectivity index (χ0n) is 10.1. The van der Waals surface area contributed by atoms with Crippen LogP contribution < -0.4 is 5.32 Å². The summed E-state index contributed by atoms with van der Waals surface area (Å²) in [6.45, 7) is 2.20. The number of rotatable bonds is 2. The molecule has 19 heavy (non-hydrogen) atoms. The van der Waals surface area contributed by atoms with Crippen LogP contribution in [0.25, 0.3) is 11.1 Å². The molecule has 1 fully saturated rings. The normalized spacial score (nSPS) is 17.3. The minimum absolute atomic E-state index is 0. The lowest BCUT2D eigenvalue weighted by Gasteiger charge is -2.24. The van der Waals surface area contributed by atoms with E-state index >= 15 is 0 Å². The Hall–Kier alpha value is -1.15.